The molecule has 150 valence electrons. The van der Waals surface area contributed by atoms with Crippen molar-refractivity contribution < 1.29 is 9.52 Å². The lowest BCUT2D eigenvalue weighted by atomic mass is 9.65. The molecule has 2 atom stereocenters. The molecule has 2 bridgehead atoms. The van der Waals surface area contributed by atoms with Crippen LogP contribution in [-0.4, -0.2) is 52.1 Å². The molecular formula is C21H32N2O3S. The summed E-state index contributed by atoms with van der Waals surface area (Å²) in [6.07, 6.45) is 5.02. The van der Waals surface area contributed by atoms with Crippen molar-refractivity contribution in [3.63, 3.8) is 0 Å². The molecule has 1 aliphatic carbocycles. The van der Waals surface area contributed by atoms with Crippen molar-refractivity contribution >= 4 is 11.8 Å². The molecule has 1 saturated carbocycles. The number of nitrogens with zero attached hydrogens (tertiary/aromatic N) is 2. The topological polar surface area (TPSA) is 56.9 Å². The van der Waals surface area contributed by atoms with Crippen molar-refractivity contribution in [3.8, 4) is 5.75 Å². The average molecular weight is 393 g/mol. The van der Waals surface area contributed by atoms with Gasteiger partial charge in [-0.25, -0.2) is 4.79 Å². The zero-order chi connectivity index (χ0) is 19.2. The highest BCUT2D eigenvalue weighted by Crippen LogP contribution is 2.52. The molecule has 0 unspecified atom stereocenters. The van der Waals surface area contributed by atoms with Gasteiger partial charge in [0.25, 0.3) is 0 Å². The van der Waals surface area contributed by atoms with Crippen molar-refractivity contribution in [1.29, 1.82) is 0 Å². The van der Waals surface area contributed by atoms with E-state index in [4.69, 9.17) is 4.42 Å². The van der Waals surface area contributed by atoms with Gasteiger partial charge in [-0.1, -0.05) is 20.8 Å². The Morgan fingerprint density at radius 1 is 1.22 bits per heavy atom. The highest BCUT2D eigenvalue weighted by Gasteiger charge is 2.49. The predicted octanol–water partition coefficient (Wildman–Crippen LogP) is 3.29. The first kappa shape index (κ1) is 19.3. The molecule has 2 aliphatic heterocycles. The van der Waals surface area contributed by atoms with Crippen LogP contribution in [0.3, 0.4) is 0 Å². The van der Waals surface area contributed by atoms with Crippen LogP contribution >= 0.6 is 11.8 Å². The number of aromatic hydroxyl groups is 1. The summed E-state index contributed by atoms with van der Waals surface area (Å²) in [6, 6.07) is 0.486. The molecule has 0 spiro atoms. The van der Waals surface area contributed by atoms with E-state index in [1.54, 1.807) is 0 Å². The third-order valence-electron chi connectivity index (χ3n) is 6.53. The maximum atomic E-state index is 12.4. The van der Waals surface area contributed by atoms with Crippen LogP contribution in [0, 0.1) is 10.8 Å². The molecule has 0 radical (unpaired) electrons. The van der Waals surface area contributed by atoms with Gasteiger partial charge in [0.15, 0.2) is 0 Å². The summed E-state index contributed by atoms with van der Waals surface area (Å²) >= 11 is 1.96. The van der Waals surface area contributed by atoms with E-state index >= 15 is 0 Å². The van der Waals surface area contributed by atoms with Gasteiger partial charge in [0.2, 0.25) is 0 Å². The van der Waals surface area contributed by atoms with E-state index in [9.17, 15) is 9.90 Å². The molecule has 4 rings (SSSR count). The van der Waals surface area contributed by atoms with Crippen molar-refractivity contribution in [2.45, 2.75) is 59.2 Å². The average Bonchev–Trinajstić information content (AvgIpc) is 2.83. The van der Waals surface area contributed by atoms with Crippen LogP contribution < -0.4 is 5.63 Å². The van der Waals surface area contributed by atoms with Gasteiger partial charge in [0.05, 0.1) is 5.56 Å². The second kappa shape index (κ2) is 7.12. The molecule has 27 heavy (non-hydrogen) atoms. The summed E-state index contributed by atoms with van der Waals surface area (Å²) in [7, 11) is 0. The van der Waals surface area contributed by atoms with Gasteiger partial charge in [-0.05, 0) is 30.1 Å². The molecule has 3 fully saturated rings. The first-order chi connectivity index (χ1) is 12.7. The molecule has 3 heterocycles. The molecule has 6 heteroatoms. The Balaban J connectivity index is 1.54. The van der Waals surface area contributed by atoms with E-state index in [1.165, 1.54) is 19.1 Å². The first-order valence-corrected chi connectivity index (χ1v) is 11.3. The number of fused-ring (bicyclic) bond motifs is 2. The summed E-state index contributed by atoms with van der Waals surface area (Å²) in [5.74, 6) is 2.39. The van der Waals surface area contributed by atoms with E-state index in [0.717, 1.165) is 43.1 Å². The van der Waals surface area contributed by atoms with Gasteiger partial charge >= 0.3 is 5.63 Å². The summed E-state index contributed by atoms with van der Waals surface area (Å²) in [5, 5.41) is 10.8. The van der Waals surface area contributed by atoms with E-state index in [1.807, 2.05) is 11.8 Å². The fraction of sp³-hybridized carbons (Fsp3) is 0.762. The van der Waals surface area contributed by atoms with Crippen LogP contribution in [0.1, 0.15) is 51.2 Å². The van der Waals surface area contributed by atoms with Crippen molar-refractivity contribution in [1.82, 2.24) is 9.80 Å². The Hall–Kier alpha value is -0.980. The lowest BCUT2D eigenvalue weighted by Crippen LogP contribution is -2.35. The minimum atomic E-state index is -0.392. The number of rotatable bonds is 4. The Morgan fingerprint density at radius 3 is 2.70 bits per heavy atom. The highest BCUT2D eigenvalue weighted by molar-refractivity contribution is 7.99. The third-order valence-corrected chi connectivity index (χ3v) is 7.47. The largest absolute Gasteiger partial charge is 0.507 e. The van der Waals surface area contributed by atoms with Gasteiger partial charge in [-0.2, -0.15) is 11.8 Å². The predicted molar refractivity (Wildman–Crippen MR) is 109 cm³/mol. The van der Waals surface area contributed by atoms with Gasteiger partial charge in [0, 0.05) is 55.8 Å². The smallest absolute Gasteiger partial charge is 0.343 e. The van der Waals surface area contributed by atoms with Crippen LogP contribution in [0.25, 0.3) is 0 Å². The third kappa shape index (κ3) is 4.08. The Labute approximate surface area is 166 Å². The van der Waals surface area contributed by atoms with E-state index in [0.29, 0.717) is 35.5 Å². The van der Waals surface area contributed by atoms with E-state index < -0.39 is 5.63 Å². The monoisotopic (exact) mass is 392 g/mol. The second-order valence-electron chi connectivity index (χ2n) is 9.88. The van der Waals surface area contributed by atoms with Gasteiger partial charge in [-0.15, -0.1) is 0 Å². The lowest BCUT2D eigenvalue weighted by Gasteiger charge is -2.39. The molecule has 1 aromatic rings. The fourth-order valence-corrected chi connectivity index (χ4v) is 6.74. The van der Waals surface area contributed by atoms with E-state index in [2.05, 4.69) is 30.6 Å². The van der Waals surface area contributed by atoms with Crippen LogP contribution in [-0.2, 0) is 13.1 Å². The van der Waals surface area contributed by atoms with Crippen LogP contribution in [0.4, 0.5) is 0 Å². The number of likely N-dealkylation sites (tertiary alicyclic amines) is 1. The highest BCUT2D eigenvalue weighted by atomic mass is 32.2. The van der Waals surface area contributed by atoms with E-state index in [-0.39, 0.29) is 5.75 Å². The minimum Gasteiger partial charge on any atom is -0.507 e. The first-order valence-electron chi connectivity index (χ1n) is 10.1. The molecule has 5 nitrogen and oxygen atoms in total. The van der Waals surface area contributed by atoms with Gasteiger partial charge in [-0.3, -0.25) is 9.80 Å². The van der Waals surface area contributed by atoms with Crippen LogP contribution in [0.15, 0.2) is 15.5 Å². The Morgan fingerprint density at radius 2 is 1.96 bits per heavy atom. The standard InChI is InChI=1S/C21H32N2O3S/c1-20(2)8-16-9-21(3,13-20)14-23(16)11-17-18(24)15(12-26-19(17)25)10-22-4-6-27-7-5-22/h12,16,24H,4-11,13-14H2,1-3H3/t16-,21-/m1/s1. The fourth-order valence-electron chi connectivity index (χ4n) is 5.76. The molecular weight excluding hydrogens is 360 g/mol. The molecule has 0 aromatic carbocycles. The number of thioether (sulfide) groups is 1. The molecule has 2 saturated heterocycles. The molecule has 0 amide bonds. The van der Waals surface area contributed by atoms with Crippen molar-refractivity contribution in [2.75, 3.05) is 31.1 Å². The van der Waals surface area contributed by atoms with Crippen molar-refractivity contribution in [3.05, 3.63) is 27.8 Å². The van der Waals surface area contributed by atoms with Gasteiger partial charge in [0.1, 0.15) is 12.0 Å². The number of hydrogen-bond acceptors (Lipinski definition) is 6. The Kier molecular flexibility index (Phi) is 5.10. The van der Waals surface area contributed by atoms with Crippen molar-refractivity contribution in [2.24, 2.45) is 10.8 Å². The zero-order valence-corrected chi connectivity index (χ0v) is 17.6. The summed E-state index contributed by atoms with van der Waals surface area (Å²) < 4.78 is 5.33. The Bertz CT molecular complexity index is 756. The zero-order valence-electron chi connectivity index (χ0n) is 16.8. The normalized spacial score (nSPS) is 31.3. The quantitative estimate of drug-likeness (QED) is 0.849. The summed E-state index contributed by atoms with van der Waals surface area (Å²) in [6.45, 7) is 11.2. The second-order valence-corrected chi connectivity index (χ2v) is 11.1. The number of hydrogen-bond donors (Lipinski definition) is 1. The maximum Gasteiger partial charge on any atom is 0.343 e. The van der Waals surface area contributed by atoms with Gasteiger partial charge < -0.3 is 9.52 Å². The molecule has 1 aromatic heterocycles. The maximum absolute atomic E-state index is 12.4. The van der Waals surface area contributed by atoms with Crippen LogP contribution in [0.5, 0.6) is 5.75 Å². The molecule has 1 N–H and O–H groups in total. The van der Waals surface area contributed by atoms with Crippen LogP contribution in [0.2, 0.25) is 0 Å². The summed E-state index contributed by atoms with van der Waals surface area (Å²) in [4.78, 5) is 17.1. The summed E-state index contributed by atoms with van der Waals surface area (Å²) in [5.41, 5.74) is 1.44. The minimum absolute atomic E-state index is 0.148. The lowest BCUT2D eigenvalue weighted by molar-refractivity contribution is 0.126. The SMILES string of the molecule is CC1(C)C[C@@H]2C[C@@](C)(CN2Cc2c(O)c(CN3CCSCC3)coc2=O)C1. The molecule has 3 aliphatic rings.